The molecule has 35 heavy (non-hydrogen) atoms. The highest BCUT2D eigenvalue weighted by molar-refractivity contribution is 5.93. The van der Waals surface area contributed by atoms with Gasteiger partial charge in [-0.25, -0.2) is 9.18 Å². The molecule has 1 aliphatic carbocycles. The number of hydrogen-bond donors (Lipinski definition) is 1. The number of hydrogen-bond acceptors (Lipinski definition) is 4. The lowest BCUT2D eigenvalue weighted by Gasteiger charge is -2.33. The molecule has 2 aromatic rings. The molecule has 1 heterocycles. The van der Waals surface area contributed by atoms with Crippen molar-refractivity contribution in [1.82, 2.24) is 5.32 Å². The van der Waals surface area contributed by atoms with E-state index >= 15 is 0 Å². The van der Waals surface area contributed by atoms with Crippen LogP contribution in [0.5, 0.6) is 5.75 Å². The van der Waals surface area contributed by atoms with Crippen LogP contribution in [-0.2, 0) is 22.3 Å². The average Bonchev–Trinajstić information content (AvgIpc) is 3.34. The molecule has 4 nitrogen and oxygen atoms in total. The highest BCUT2D eigenvalue weighted by Crippen LogP contribution is 2.45. The monoisotopic (exact) mass is 487 g/mol. The van der Waals surface area contributed by atoms with E-state index in [1.54, 1.807) is 43.5 Å². The highest BCUT2D eigenvalue weighted by atomic mass is 19.4. The number of dihydropyridines is 1. The molecule has 4 rings (SSSR count). The van der Waals surface area contributed by atoms with Crippen LogP contribution in [0, 0.1) is 5.82 Å². The Labute approximate surface area is 200 Å². The van der Waals surface area contributed by atoms with Crippen LogP contribution in [-0.4, -0.2) is 18.1 Å². The van der Waals surface area contributed by atoms with Gasteiger partial charge in [-0.05, 0) is 91.6 Å². The minimum Gasteiger partial charge on any atom is -0.488 e. The highest BCUT2D eigenvalue weighted by Gasteiger charge is 2.44. The van der Waals surface area contributed by atoms with Crippen LogP contribution in [0.1, 0.15) is 42.9 Å². The predicted octanol–water partition coefficient (Wildman–Crippen LogP) is 6.34. The Kier molecular flexibility index (Phi) is 7.00. The standard InChI is InChI=1S/C27H25F4NO3/c1-2-34-25(33)26(14-3-4-15-32-26)23-7-5-6-21(23)22-16-19(27(29,30)31)10-13-24(22)35-17-18-8-11-20(28)12-9-18/h3-4,8-16,32H,2,5-7,17H2,1H3. The number of nitrogens with one attached hydrogen (secondary N) is 1. The van der Waals surface area contributed by atoms with Crippen molar-refractivity contribution in [3.8, 4) is 5.75 Å². The summed E-state index contributed by atoms with van der Waals surface area (Å²) in [4.78, 5) is 13.1. The van der Waals surface area contributed by atoms with Crippen molar-refractivity contribution in [1.29, 1.82) is 0 Å². The first-order chi connectivity index (χ1) is 16.7. The van der Waals surface area contributed by atoms with Crippen molar-refractivity contribution in [2.45, 2.75) is 44.5 Å². The lowest BCUT2D eigenvalue weighted by atomic mass is 9.83. The molecule has 0 amide bonds. The number of esters is 1. The first-order valence-corrected chi connectivity index (χ1v) is 11.4. The van der Waals surface area contributed by atoms with Crippen LogP contribution < -0.4 is 10.1 Å². The van der Waals surface area contributed by atoms with Crippen molar-refractivity contribution >= 4 is 11.5 Å². The quantitative estimate of drug-likeness (QED) is 0.366. The van der Waals surface area contributed by atoms with Crippen LogP contribution in [0.3, 0.4) is 0 Å². The second-order valence-corrected chi connectivity index (χ2v) is 8.33. The van der Waals surface area contributed by atoms with Gasteiger partial charge >= 0.3 is 12.1 Å². The number of halogens is 4. The van der Waals surface area contributed by atoms with Gasteiger partial charge in [0.05, 0.1) is 12.2 Å². The fourth-order valence-corrected chi connectivity index (χ4v) is 4.45. The van der Waals surface area contributed by atoms with Crippen LogP contribution in [0.2, 0.25) is 0 Å². The topological polar surface area (TPSA) is 47.6 Å². The second-order valence-electron chi connectivity index (χ2n) is 8.33. The van der Waals surface area contributed by atoms with Crippen molar-refractivity contribution < 1.29 is 31.8 Å². The number of rotatable bonds is 7. The number of carbonyl (C=O) groups excluding carboxylic acids is 1. The molecule has 0 saturated carbocycles. The van der Waals surface area contributed by atoms with Gasteiger partial charge in [0.1, 0.15) is 18.2 Å². The number of carbonyl (C=O) groups is 1. The van der Waals surface area contributed by atoms with Gasteiger partial charge in [-0.2, -0.15) is 13.2 Å². The molecule has 0 fully saturated rings. The molecule has 8 heteroatoms. The Hall–Kier alpha value is -3.55. The fraction of sp³-hybridized carbons (Fsp3) is 0.296. The molecule has 0 spiro atoms. The SMILES string of the molecule is CCOC(=O)C1(C2=C(c3cc(C(F)(F)F)ccc3OCc3ccc(F)cc3)CCC2)C=CC=CN1. The maximum Gasteiger partial charge on any atom is 0.416 e. The Balaban J connectivity index is 1.81. The van der Waals surface area contributed by atoms with E-state index in [0.29, 0.717) is 36.0 Å². The molecule has 0 bridgehead atoms. The maximum atomic E-state index is 13.6. The first-order valence-electron chi connectivity index (χ1n) is 11.4. The van der Waals surface area contributed by atoms with Crippen LogP contribution in [0.4, 0.5) is 17.6 Å². The summed E-state index contributed by atoms with van der Waals surface area (Å²) in [7, 11) is 0. The third kappa shape index (κ3) is 5.11. The van der Waals surface area contributed by atoms with Gasteiger partial charge in [0.2, 0.25) is 0 Å². The molecule has 1 N–H and O–H groups in total. The van der Waals surface area contributed by atoms with Crippen molar-refractivity contribution in [2.75, 3.05) is 6.61 Å². The van der Waals surface area contributed by atoms with Gasteiger partial charge in [0.15, 0.2) is 5.54 Å². The van der Waals surface area contributed by atoms with Gasteiger partial charge in [-0.1, -0.05) is 18.2 Å². The molecule has 1 atom stereocenters. The van der Waals surface area contributed by atoms with Crippen LogP contribution in [0.15, 0.2) is 72.5 Å². The molecule has 0 radical (unpaired) electrons. The van der Waals surface area contributed by atoms with Gasteiger partial charge in [0.25, 0.3) is 0 Å². The van der Waals surface area contributed by atoms with Gasteiger partial charge in [0, 0.05) is 5.56 Å². The zero-order valence-corrected chi connectivity index (χ0v) is 19.1. The third-order valence-corrected chi connectivity index (χ3v) is 6.10. The molecule has 2 aliphatic rings. The Bertz CT molecular complexity index is 1180. The van der Waals surface area contributed by atoms with Crippen molar-refractivity contribution in [3.05, 3.63) is 95.0 Å². The van der Waals surface area contributed by atoms with Gasteiger partial charge in [-0.15, -0.1) is 0 Å². The van der Waals surface area contributed by atoms with E-state index in [-0.39, 0.29) is 24.5 Å². The molecule has 0 saturated heterocycles. The van der Waals surface area contributed by atoms with E-state index in [1.807, 2.05) is 0 Å². The molecular weight excluding hydrogens is 462 g/mol. The number of allylic oxidation sites excluding steroid dienone is 3. The third-order valence-electron chi connectivity index (χ3n) is 6.10. The molecule has 0 aromatic heterocycles. The first kappa shape index (κ1) is 24.6. The Morgan fingerprint density at radius 1 is 1.09 bits per heavy atom. The molecule has 1 aliphatic heterocycles. The summed E-state index contributed by atoms with van der Waals surface area (Å²) in [5.74, 6) is -0.655. The van der Waals surface area contributed by atoms with E-state index in [0.717, 1.165) is 12.1 Å². The number of benzene rings is 2. The lowest BCUT2D eigenvalue weighted by Crippen LogP contribution is -2.51. The minimum absolute atomic E-state index is 0.0468. The molecule has 1 unspecified atom stereocenters. The molecule has 184 valence electrons. The normalized spacial score (nSPS) is 19.6. The van der Waals surface area contributed by atoms with Crippen molar-refractivity contribution in [3.63, 3.8) is 0 Å². The summed E-state index contributed by atoms with van der Waals surface area (Å²) in [5, 5.41) is 3.09. The number of ether oxygens (including phenoxy) is 2. The smallest absolute Gasteiger partial charge is 0.416 e. The molecule has 2 aromatic carbocycles. The minimum atomic E-state index is -4.55. The van der Waals surface area contributed by atoms with Crippen LogP contribution in [0.25, 0.3) is 5.57 Å². The maximum absolute atomic E-state index is 13.6. The Morgan fingerprint density at radius 2 is 1.86 bits per heavy atom. The fourth-order valence-electron chi connectivity index (χ4n) is 4.45. The van der Waals surface area contributed by atoms with E-state index < -0.39 is 29.1 Å². The zero-order valence-electron chi connectivity index (χ0n) is 19.1. The summed E-state index contributed by atoms with van der Waals surface area (Å²) in [5.41, 5.74) is 0.107. The lowest BCUT2D eigenvalue weighted by molar-refractivity contribution is -0.147. The zero-order chi connectivity index (χ0) is 25.1. The summed E-state index contributed by atoms with van der Waals surface area (Å²) < 4.78 is 65.4. The summed E-state index contributed by atoms with van der Waals surface area (Å²) in [6.07, 6.45) is 3.85. The van der Waals surface area contributed by atoms with E-state index in [9.17, 15) is 22.4 Å². The molecular formula is C27H25F4NO3. The van der Waals surface area contributed by atoms with Crippen LogP contribution >= 0.6 is 0 Å². The van der Waals surface area contributed by atoms with E-state index in [4.69, 9.17) is 9.47 Å². The van der Waals surface area contributed by atoms with E-state index in [1.165, 1.54) is 18.2 Å². The second kappa shape index (κ2) is 9.98. The predicted molar refractivity (Wildman–Crippen MR) is 124 cm³/mol. The average molecular weight is 487 g/mol. The summed E-state index contributed by atoms with van der Waals surface area (Å²) in [6, 6.07) is 9.04. The summed E-state index contributed by atoms with van der Waals surface area (Å²) >= 11 is 0. The van der Waals surface area contributed by atoms with Gasteiger partial charge in [-0.3, -0.25) is 0 Å². The van der Waals surface area contributed by atoms with E-state index in [2.05, 4.69) is 5.32 Å². The Morgan fingerprint density at radius 3 is 2.51 bits per heavy atom. The largest absolute Gasteiger partial charge is 0.488 e. The van der Waals surface area contributed by atoms with Gasteiger partial charge < -0.3 is 14.8 Å². The van der Waals surface area contributed by atoms with Crippen molar-refractivity contribution in [2.24, 2.45) is 0 Å². The number of alkyl halides is 3. The summed E-state index contributed by atoms with van der Waals surface area (Å²) in [6.45, 7) is 1.91.